The standard InChI is InChI=1S/C12H23NO4/c1-3-5-6-7-8-10(15)13-11(12(16)17)9(14)4-2/h9,11,14H,3-8H2,1-2H3,(H,13,15)(H,16,17)/t9-,11-/m1/s1. The molecule has 0 aliphatic heterocycles. The summed E-state index contributed by atoms with van der Waals surface area (Å²) in [7, 11) is 0. The molecule has 0 aliphatic rings. The first-order valence-corrected chi connectivity index (χ1v) is 6.23. The second kappa shape index (κ2) is 8.98. The number of unbranched alkanes of at least 4 members (excludes halogenated alkanes) is 3. The van der Waals surface area contributed by atoms with Crippen LogP contribution in [0.2, 0.25) is 0 Å². The summed E-state index contributed by atoms with van der Waals surface area (Å²) in [6.45, 7) is 3.76. The van der Waals surface area contributed by atoms with Gasteiger partial charge in [0.05, 0.1) is 6.10 Å². The van der Waals surface area contributed by atoms with E-state index in [0.717, 1.165) is 25.7 Å². The number of rotatable bonds is 9. The van der Waals surface area contributed by atoms with Crippen molar-refractivity contribution in [2.75, 3.05) is 0 Å². The van der Waals surface area contributed by atoms with Crippen LogP contribution in [-0.2, 0) is 9.59 Å². The molecule has 0 unspecified atom stereocenters. The van der Waals surface area contributed by atoms with Crippen molar-refractivity contribution in [2.24, 2.45) is 0 Å². The second-order valence-electron chi connectivity index (χ2n) is 4.17. The van der Waals surface area contributed by atoms with Crippen molar-refractivity contribution >= 4 is 11.9 Å². The van der Waals surface area contributed by atoms with Crippen molar-refractivity contribution in [3.05, 3.63) is 0 Å². The van der Waals surface area contributed by atoms with Crippen LogP contribution >= 0.6 is 0 Å². The van der Waals surface area contributed by atoms with Gasteiger partial charge in [-0.1, -0.05) is 33.1 Å². The lowest BCUT2D eigenvalue weighted by atomic mass is 10.1. The van der Waals surface area contributed by atoms with Gasteiger partial charge < -0.3 is 15.5 Å². The lowest BCUT2D eigenvalue weighted by molar-refractivity contribution is -0.145. The van der Waals surface area contributed by atoms with Gasteiger partial charge in [-0.25, -0.2) is 4.79 Å². The minimum absolute atomic E-state index is 0.299. The van der Waals surface area contributed by atoms with Crippen LogP contribution in [0.4, 0.5) is 0 Å². The molecule has 0 saturated heterocycles. The van der Waals surface area contributed by atoms with Crippen LogP contribution in [-0.4, -0.2) is 34.2 Å². The summed E-state index contributed by atoms with van der Waals surface area (Å²) in [6.07, 6.45) is 3.48. The Hall–Kier alpha value is -1.10. The number of carbonyl (C=O) groups excluding carboxylic acids is 1. The van der Waals surface area contributed by atoms with Crippen LogP contribution in [0.15, 0.2) is 0 Å². The van der Waals surface area contributed by atoms with Crippen LogP contribution in [0.25, 0.3) is 0 Å². The number of aliphatic hydroxyl groups is 1. The fourth-order valence-corrected chi connectivity index (χ4v) is 1.52. The highest BCUT2D eigenvalue weighted by Gasteiger charge is 2.26. The van der Waals surface area contributed by atoms with Gasteiger partial charge in [-0.05, 0) is 12.8 Å². The minimum Gasteiger partial charge on any atom is -0.480 e. The largest absolute Gasteiger partial charge is 0.480 e. The number of carbonyl (C=O) groups is 2. The van der Waals surface area contributed by atoms with Gasteiger partial charge in [0, 0.05) is 6.42 Å². The number of carboxylic acid groups (broad SMARTS) is 1. The van der Waals surface area contributed by atoms with Crippen LogP contribution in [0.3, 0.4) is 0 Å². The van der Waals surface area contributed by atoms with E-state index in [-0.39, 0.29) is 5.91 Å². The summed E-state index contributed by atoms with van der Waals surface area (Å²) in [5, 5.41) is 20.7. The molecule has 0 aromatic carbocycles. The molecule has 0 radical (unpaired) electrons. The van der Waals surface area contributed by atoms with Crippen LogP contribution in [0.5, 0.6) is 0 Å². The monoisotopic (exact) mass is 245 g/mol. The Bertz CT molecular complexity index is 243. The lowest BCUT2D eigenvalue weighted by Gasteiger charge is -2.19. The first-order valence-electron chi connectivity index (χ1n) is 6.23. The zero-order valence-electron chi connectivity index (χ0n) is 10.6. The molecule has 0 fully saturated rings. The molecule has 0 saturated carbocycles. The summed E-state index contributed by atoms with van der Waals surface area (Å²) in [4.78, 5) is 22.3. The van der Waals surface area contributed by atoms with E-state index in [1.807, 2.05) is 0 Å². The third kappa shape index (κ3) is 6.94. The van der Waals surface area contributed by atoms with Crippen molar-refractivity contribution in [3.63, 3.8) is 0 Å². The highest BCUT2D eigenvalue weighted by molar-refractivity contribution is 5.83. The van der Waals surface area contributed by atoms with Gasteiger partial charge in [0.2, 0.25) is 5.91 Å². The molecule has 0 spiro atoms. The highest BCUT2D eigenvalue weighted by Crippen LogP contribution is 2.04. The number of aliphatic carboxylic acids is 1. The summed E-state index contributed by atoms with van der Waals surface area (Å²) in [5.74, 6) is -1.50. The summed E-state index contributed by atoms with van der Waals surface area (Å²) < 4.78 is 0. The average Bonchev–Trinajstić information content (AvgIpc) is 2.30. The number of hydrogen-bond donors (Lipinski definition) is 3. The maximum Gasteiger partial charge on any atom is 0.328 e. The van der Waals surface area contributed by atoms with Gasteiger partial charge in [-0.2, -0.15) is 0 Å². The van der Waals surface area contributed by atoms with Gasteiger partial charge in [-0.3, -0.25) is 4.79 Å². The minimum atomic E-state index is -1.20. The molecular formula is C12H23NO4. The van der Waals surface area contributed by atoms with Crippen LogP contribution in [0, 0.1) is 0 Å². The fraction of sp³-hybridized carbons (Fsp3) is 0.833. The molecule has 0 aromatic heterocycles. The third-order valence-corrected chi connectivity index (χ3v) is 2.64. The number of hydrogen-bond acceptors (Lipinski definition) is 3. The molecule has 1 amide bonds. The topological polar surface area (TPSA) is 86.6 Å². The molecule has 0 bridgehead atoms. The zero-order valence-corrected chi connectivity index (χ0v) is 10.6. The lowest BCUT2D eigenvalue weighted by Crippen LogP contribution is -2.48. The molecule has 5 nitrogen and oxygen atoms in total. The predicted octanol–water partition coefficient (Wildman–Crippen LogP) is 1.30. The maximum atomic E-state index is 11.5. The predicted molar refractivity (Wildman–Crippen MR) is 64.6 cm³/mol. The van der Waals surface area contributed by atoms with Crippen molar-refractivity contribution < 1.29 is 19.8 Å². The van der Waals surface area contributed by atoms with Gasteiger partial charge in [0.1, 0.15) is 0 Å². The number of amides is 1. The molecular weight excluding hydrogens is 222 g/mol. The van der Waals surface area contributed by atoms with Crippen molar-refractivity contribution in [2.45, 2.75) is 64.5 Å². The van der Waals surface area contributed by atoms with E-state index < -0.39 is 18.1 Å². The zero-order chi connectivity index (χ0) is 13.3. The summed E-state index contributed by atoms with van der Waals surface area (Å²) in [6, 6.07) is -1.20. The van der Waals surface area contributed by atoms with E-state index in [9.17, 15) is 14.7 Å². The summed E-state index contributed by atoms with van der Waals surface area (Å²) >= 11 is 0. The van der Waals surface area contributed by atoms with Gasteiger partial charge >= 0.3 is 5.97 Å². The normalized spacial score (nSPS) is 14.1. The smallest absolute Gasteiger partial charge is 0.328 e. The van der Waals surface area contributed by atoms with Crippen molar-refractivity contribution in [3.8, 4) is 0 Å². The highest BCUT2D eigenvalue weighted by atomic mass is 16.4. The van der Waals surface area contributed by atoms with E-state index in [1.165, 1.54) is 0 Å². The van der Waals surface area contributed by atoms with E-state index in [0.29, 0.717) is 12.8 Å². The molecule has 5 heteroatoms. The van der Waals surface area contributed by atoms with E-state index in [4.69, 9.17) is 5.11 Å². The molecule has 2 atom stereocenters. The van der Waals surface area contributed by atoms with Crippen molar-refractivity contribution in [1.29, 1.82) is 0 Å². The van der Waals surface area contributed by atoms with Gasteiger partial charge in [0.25, 0.3) is 0 Å². The van der Waals surface area contributed by atoms with Crippen LogP contribution in [0.1, 0.15) is 52.4 Å². The molecule has 0 aliphatic carbocycles. The second-order valence-corrected chi connectivity index (χ2v) is 4.17. The Balaban J connectivity index is 4.00. The SMILES string of the molecule is CCCCCCC(=O)N[C@@H](C(=O)O)[C@H](O)CC. The Labute approximate surface area is 102 Å². The van der Waals surface area contributed by atoms with Crippen LogP contribution < -0.4 is 5.32 Å². The Morgan fingerprint density at radius 1 is 1.18 bits per heavy atom. The Morgan fingerprint density at radius 3 is 2.29 bits per heavy atom. The molecule has 3 N–H and O–H groups in total. The molecule has 100 valence electrons. The number of aliphatic hydroxyl groups excluding tert-OH is 1. The van der Waals surface area contributed by atoms with E-state index in [1.54, 1.807) is 6.92 Å². The first-order chi connectivity index (χ1) is 8.02. The van der Waals surface area contributed by atoms with E-state index >= 15 is 0 Å². The Kier molecular flexibility index (Phi) is 8.40. The molecule has 17 heavy (non-hydrogen) atoms. The molecule has 0 heterocycles. The van der Waals surface area contributed by atoms with E-state index in [2.05, 4.69) is 12.2 Å². The maximum absolute atomic E-state index is 11.5. The van der Waals surface area contributed by atoms with Crippen molar-refractivity contribution in [1.82, 2.24) is 5.32 Å². The third-order valence-electron chi connectivity index (χ3n) is 2.64. The number of nitrogens with one attached hydrogen (secondary N) is 1. The first kappa shape index (κ1) is 15.9. The summed E-state index contributed by atoms with van der Waals surface area (Å²) in [5.41, 5.74) is 0. The number of carboxylic acids is 1. The van der Waals surface area contributed by atoms with Gasteiger partial charge in [-0.15, -0.1) is 0 Å². The molecule has 0 rings (SSSR count). The quantitative estimate of drug-likeness (QED) is 0.534. The average molecular weight is 245 g/mol. The Morgan fingerprint density at radius 2 is 1.82 bits per heavy atom. The van der Waals surface area contributed by atoms with Gasteiger partial charge in [0.15, 0.2) is 6.04 Å². The molecule has 0 aromatic rings. The fourth-order valence-electron chi connectivity index (χ4n) is 1.52.